The van der Waals surface area contributed by atoms with Gasteiger partial charge in [0.2, 0.25) is 5.95 Å². The van der Waals surface area contributed by atoms with Gasteiger partial charge in [-0.05, 0) is 19.1 Å². The van der Waals surface area contributed by atoms with E-state index in [-0.39, 0.29) is 0 Å². The summed E-state index contributed by atoms with van der Waals surface area (Å²) in [4.78, 5) is 15.9. The lowest BCUT2D eigenvalue weighted by Crippen LogP contribution is -2.05. The van der Waals surface area contributed by atoms with Crippen LogP contribution in [0.2, 0.25) is 10.0 Å². The van der Waals surface area contributed by atoms with Gasteiger partial charge in [0.15, 0.2) is 11.5 Å². The second kappa shape index (κ2) is 5.75. The molecule has 0 amide bonds. The number of aromatic nitrogens is 4. The Morgan fingerprint density at radius 3 is 2.90 bits per heavy atom. The topological polar surface area (TPSA) is 78.5 Å². The zero-order valence-electron chi connectivity index (χ0n) is 11.1. The minimum Gasteiger partial charge on any atom is -0.354 e. The summed E-state index contributed by atoms with van der Waals surface area (Å²) in [5, 5.41) is 7.14. The standard InChI is InChI=1S/C13H12Cl2N6/c1-2-16-13-20-11-10(17-6-18-11)12(21-13)19-8-5-3-4-7(14)9(8)15/h3-6H,2H2,1H3,(H3,16,17,18,19,20,21). The fourth-order valence-electron chi connectivity index (χ4n) is 1.89. The highest BCUT2D eigenvalue weighted by molar-refractivity contribution is 6.43. The van der Waals surface area contributed by atoms with Crippen LogP contribution in [-0.2, 0) is 0 Å². The minimum atomic E-state index is 0.440. The first-order valence-electron chi connectivity index (χ1n) is 6.35. The van der Waals surface area contributed by atoms with Crippen molar-refractivity contribution in [1.29, 1.82) is 0 Å². The second-order valence-electron chi connectivity index (χ2n) is 4.25. The first-order valence-corrected chi connectivity index (χ1v) is 7.10. The number of fused-ring (bicyclic) bond motifs is 1. The number of nitrogens with one attached hydrogen (secondary N) is 3. The van der Waals surface area contributed by atoms with Crippen LogP contribution in [0.15, 0.2) is 24.5 Å². The molecule has 1 aromatic carbocycles. The van der Waals surface area contributed by atoms with E-state index in [1.54, 1.807) is 12.4 Å². The van der Waals surface area contributed by atoms with E-state index < -0.39 is 0 Å². The summed E-state index contributed by atoms with van der Waals surface area (Å²) in [6.45, 7) is 2.69. The maximum Gasteiger partial charge on any atom is 0.226 e. The molecule has 3 N–H and O–H groups in total. The Balaban J connectivity index is 2.06. The van der Waals surface area contributed by atoms with E-state index in [0.29, 0.717) is 45.2 Å². The molecule has 8 heteroatoms. The van der Waals surface area contributed by atoms with Crippen LogP contribution < -0.4 is 10.6 Å². The zero-order valence-corrected chi connectivity index (χ0v) is 12.6. The Bertz CT molecular complexity index is 785. The van der Waals surface area contributed by atoms with Gasteiger partial charge in [0, 0.05) is 6.54 Å². The molecule has 0 fully saturated rings. The average Bonchev–Trinajstić information content (AvgIpc) is 2.93. The molecule has 0 aliphatic rings. The van der Waals surface area contributed by atoms with E-state index in [1.165, 1.54) is 0 Å². The Morgan fingerprint density at radius 1 is 1.24 bits per heavy atom. The summed E-state index contributed by atoms with van der Waals surface area (Å²) in [5.74, 6) is 1.08. The van der Waals surface area contributed by atoms with Crippen LogP contribution in [0.1, 0.15) is 6.92 Å². The van der Waals surface area contributed by atoms with Crippen LogP contribution in [-0.4, -0.2) is 26.5 Å². The third-order valence-electron chi connectivity index (χ3n) is 2.83. The number of hydrogen-bond donors (Lipinski definition) is 3. The van der Waals surface area contributed by atoms with Crippen molar-refractivity contribution in [3.05, 3.63) is 34.6 Å². The predicted octanol–water partition coefficient (Wildman–Crippen LogP) is 3.84. The van der Waals surface area contributed by atoms with E-state index in [4.69, 9.17) is 23.2 Å². The summed E-state index contributed by atoms with van der Waals surface area (Å²) in [6.07, 6.45) is 1.57. The van der Waals surface area contributed by atoms with Crippen molar-refractivity contribution in [2.45, 2.75) is 6.92 Å². The number of benzene rings is 1. The van der Waals surface area contributed by atoms with Crippen LogP contribution in [0, 0.1) is 0 Å². The average molecular weight is 323 g/mol. The molecule has 0 aliphatic heterocycles. The molecule has 2 aromatic heterocycles. The van der Waals surface area contributed by atoms with Crippen molar-refractivity contribution >= 4 is 51.8 Å². The van der Waals surface area contributed by atoms with E-state index >= 15 is 0 Å². The number of nitrogens with zero attached hydrogens (tertiary/aromatic N) is 3. The van der Waals surface area contributed by atoms with Crippen molar-refractivity contribution in [3.8, 4) is 0 Å². The number of aromatic amines is 1. The van der Waals surface area contributed by atoms with Gasteiger partial charge in [-0.25, -0.2) is 4.98 Å². The number of H-pyrrole nitrogens is 1. The van der Waals surface area contributed by atoms with Crippen LogP contribution in [0.25, 0.3) is 11.2 Å². The van der Waals surface area contributed by atoms with Gasteiger partial charge in [0.1, 0.15) is 5.52 Å². The van der Waals surface area contributed by atoms with Crippen molar-refractivity contribution in [3.63, 3.8) is 0 Å². The smallest absolute Gasteiger partial charge is 0.226 e. The molecule has 3 aromatic rings. The Morgan fingerprint density at radius 2 is 2.10 bits per heavy atom. The van der Waals surface area contributed by atoms with Gasteiger partial charge in [0.05, 0.1) is 22.1 Å². The third kappa shape index (κ3) is 2.72. The van der Waals surface area contributed by atoms with Gasteiger partial charge in [0.25, 0.3) is 0 Å². The van der Waals surface area contributed by atoms with Gasteiger partial charge in [-0.1, -0.05) is 29.3 Å². The molecule has 6 nitrogen and oxygen atoms in total. The number of imidazole rings is 1. The molecular formula is C13H12Cl2N6. The fraction of sp³-hybridized carbons (Fsp3) is 0.154. The largest absolute Gasteiger partial charge is 0.354 e. The van der Waals surface area contributed by atoms with Crippen molar-refractivity contribution in [2.75, 3.05) is 17.2 Å². The first kappa shape index (κ1) is 13.9. The number of hydrogen-bond acceptors (Lipinski definition) is 5. The fourth-order valence-corrected chi connectivity index (χ4v) is 2.24. The molecule has 0 saturated heterocycles. The minimum absolute atomic E-state index is 0.440. The molecule has 0 radical (unpaired) electrons. The lowest BCUT2D eigenvalue weighted by molar-refractivity contribution is 1.10. The molecule has 0 unspecified atom stereocenters. The molecule has 108 valence electrons. The van der Waals surface area contributed by atoms with Crippen molar-refractivity contribution in [1.82, 2.24) is 19.9 Å². The molecule has 0 bridgehead atoms. The zero-order chi connectivity index (χ0) is 14.8. The highest BCUT2D eigenvalue weighted by Gasteiger charge is 2.12. The molecule has 0 saturated carbocycles. The normalized spacial score (nSPS) is 10.8. The molecule has 3 rings (SSSR count). The van der Waals surface area contributed by atoms with Crippen LogP contribution in [0.4, 0.5) is 17.5 Å². The van der Waals surface area contributed by atoms with Gasteiger partial charge in [-0.2, -0.15) is 9.97 Å². The Hall–Kier alpha value is -2.05. The van der Waals surface area contributed by atoms with Crippen LogP contribution in [0.5, 0.6) is 0 Å². The molecule has 2 heterocycles. The lowest BCUT2D eigenvalue weighted by atomic mass is 10.3. The SMILES string of the molecule is CCNc1nc(Nc2cccc(Cl)c2Cl)c2[nH]cnc2n1. The quantitative estimate of drug-likeness (QED) is 0.680. The maximum absolute atomic E-state index is 6.19. The summed E-state index contributed by atoms with van der Waals surface area (Å²) < 4.78 is 0. The molecule has 21 heavy (non-hydrogen) atoms. The molecule has 0 atom stereocenters. The van der Waals surface area contributed by atoms with Crippen molar-refractivity contribution in [2.24, 2.45) is 0 Å². The monoisotopic (exact) mass is 322 g/mol. The van der Waals surface area contributed by atoms with Crippen LogP contribution in [0.3, 0.4) is 0 Å². The van der Waals surface area contributed by atoms with Crippen LogP contribution >= 0.6 is 23.2 Å². The van der Waals surface area contributed by atoms with Gasteiger partial charge >= 0.3 is 0 Å². The van der Waals surface area contributed by atoms with Gasteiger partial charge in [-0.15, -0.1) is 0 Å². The highest BCUT2D eigenvalue weighted by Crippen LogP contribution is 2.32. The van der Waals surface area contributed by atoms with E-state index in [0.717, 1.165) is 0 Å². The number of rotatable bonds is 4. The highest BCUT2D eigenvalue weighted by atomic mass is 35.5. The van der Waals surface area contributed by atoms with Gasteiger partial charge < -0.3 is 15.6 Å². The number of halogens is 2. The second-order valence-corrected chi connectivity index (χ2v) is 5.04. The first-order chi connectivity index (χ1) is 10.2. The van der Waals surface area contributed by atoms with E-state index in [2.05, 4.69) is 30.6 Å². The summed E-state index contributed by atoms with van der Waals surface area (Å²) in [6, 6.07) is 5.36. The molecule has 0 aliphatic carbocycles. The van der Waals surface area contributed by atoms with Gasteiger partial charge in [-0.3, -0.25) is 0 Å². The summed E-state index contributed by atoms with van der Waals surface area (Å²) in [5.41, 5.74) is 1.94. The van der Waals surface area contributed by atoms with E-state index in [1.807, 2.05) is 19.1 Å². The predicted molar refractivity (Wildman–Crippen MR) is 85.6 cm³/mol. The lowest BCUT2D eigenvalue weighted by Gasteiger charge is -2.10. The third-order valence-corrected chi connectivity index (χ3v) is 3.64. The summed E-state index contributed by atoms with van der Waals surface area (Å²) in [7, 11) is 0. The van der Waals surface area contributed by atoms with E-state index in [9.17, 15) is 0 Å². The maximum atomic E-state index is 6.19. The Kier molecular flexibility index (Phi) is 3.81. The van der Waals surface area contributed by atoms with Crippen molar-refractivity contribution < 1.29 is 0 Å². The summed E-state index contributed by atoms with van der Waals surface area (Å²) >= 11 is 12.2. The molecular weight excluding hydrogens is 311 g/mol. The number of anilines is 3. The Labute approximate surface area is 130 Å². The molecule has 0 spiro atoms.